The Morgan fingerprint density at radius 1 is 0.864 bits per heavy atom. The van der Waals surface area contributed by atoms with Crippen LogP contribution in [0.2, 0.25) is 0 Å². The van der Waals surface area contributed by atoms with Crippen molar-refractivity contribution in [3.05, 3.63) is 121 Å². The predicted octanol–water partition coefficient (Wildman–Crippen LogP) is 5.59. The maximum Gasteiger partial charge on any atom is 0.268 e. The average molecular weight is 624 g/mol. The van der Waals surface area contributed by atoms with E-state index in [1.165, 1.54) is 15.7 Å². The summed E-state index contributed by atoms with van der Waals surface area (Å²) in [5.41, 5.74) is 2.99. The molecule has 222 valence electrons. The van der Waals surface area contributed by atoms with Crippen molar-refractivity contribution in [1.29, 1.82) is 0 Å². The fraction of sp³-hybridized carbons (Fsp3) is 0.121. The molecule has 0 saturated carbocycles. The molecule has 0 aliphatic heterocycles. The van der Waals surface area contributed by atoms with Crippen LogP contribution in [0.25, 0.3) is 28.0 Å². The molecule has 11 heteroatoms. The maximum atomic E-state index is 13.7. The molecule has 6 rings (SSSR count). The molecular formula is C33H29N5O4S2. The normalized spacial score (nSPS) is 11.5. The molecule has 1 N–H and O–H groups in total. The van der Waals surface area contributed by atoms with Gasteiger partial charge in [-0.2, -0.15) is 0 Å². The molecule has 0 aliphatic carbocycles. The molecule has 2 aromatic heterocycles. The summed E-state index contributed by atoms with van der Waals surface area (Å²) in [4.78, 5) is 12.9. The van der Waals surface area contributed by atoms with E-state index in [9.17, 15) is 13.2 Å². The number of ether oxygens (including phenoxy) is 1. The van der Waals surface area contributed by atoms with Crippen molar-refractivity contribution in [2.24, 2.45) is 0 Å². The molecule has 0 bridgehead atoms. The molecule has 1 amide bonds. The van der Waals surface area contributed by atoms with Gasteiger partial charge in [0.25, 0.3) is 10.0 Å². The standard InChI is InChI=1S/C33H29N5O4S2/c1-42-26-18-16-25(17-19-26)38-32(35-36-33(38)43-23-31(39)34-21-20-24-10-4-2-5-11-24)29-22-37(30-15-9-8-14-28(29)30)44(40,41)27-12-6-3-7-13-27/h2-19,22H,20-21,23H2,1H3,(H,34,39). The number of hydrogen-bond donors (Lipinski definition) is 1. The van der Waals surface area contributed by atoms with E-state index in [-0.39, 0.29) is 16.6 Å². The Kier molecular flexibility index (Phi) is 8.49. The Balaban J connectivity index is 1.36. The van der Waals surface area contributed by atoms with Crippen LogP contribution in [-0.2, 0) is 21.2 Å². The molecule has 0 radical (unpaired) electrons. The minimum absolute atomic E-state index is 0.123. The van der Waals surface area contributed by atoms with E-state index in [0.29, 0.717) is 39.7 Å². The summed E-state index contributed by atoms with van der Waals surface area (Å²) in [6.07, 6.45) is 2.32. The number of hydrogen-bond acceptors (Lipinski definition) is 7. The van der Waals surface area contributed by atoms with Gasteiger partial charge in [0.2, 0.25) is 5.91 Å². The average Bonchev–Trinajstić information content (AvgIpc) is 3.67. The number of para-hydroxylation sites is 1. The quantitative estimate of drug-likeness (QED) is 0.188. The number of aromatic nitrogens is 4. The van der Waals surface area contributed by atoms with Crippen molar-refractivity contribution in [2.45, 2.75) is 16.5 Å². The van der Waals surface area contributed by atoms with Gasteiger partial charge in [-0.15, -0.1) is 10.2 Å². The highest BCUT2D eigenvalue weighted by Gasteiger charge is 2.25. The van der Waals surface area contributed by atoms with E-state index in [1.807, 2.05) is 71.3 Å². The van der Waals surface area contributed by atoms with Crippen molar-refractivity contribution in [1.82, 2.24) is 24.1 Å². The maximum absolute atomic E-state index is 13.7. The molecule has 0 unspecified atom stereocenters. The van der Waals surface area contributed by atoms with E-state index in [4.69, 9.17) is 4.74 Å². The fourth-order valence-electron chi connectivity index (χ4n) is 4.91. The van der Waals surface area contributed by atoms with Gasteiger partial charge in [-0.3, -0.25) is 9.36 Å². The second kappa shape index (κ2) is 12.8. The van der Waals surface area contributed by atoms with Gasteiger partial charge in [0.15, 0.2) is 11.0 Å². The van der Waals surface area contributed by atoms with Gasteiger partial charge in [0.1, 0.15) is 5.75 Å². The zero-order valence-corrected chi connectivity index (χ0v) is 25.5. The Bertz CT molecular complexity index is 2010. The van der Waals surface area contributed by atoms with Gasteiger partial charge in [0.05, 0.1) is 23.3 Å². The van der Waals surface area contributed by atoms with E-state index in [1.54, 1.807) is 55.8 Å². The van der Waals surface area contributed by atoms with Gasteiger partial charge in [0, 0.05) is 29.4 Å². The Morgan fingerprint density at radius 3 is 2.27 bits per heavy atom. The number of carbonyl (C=O) groups is 1. The Labute approximate surface area is 259 Å². The summed E-state index contributed by atoms with van der Waals surface area (Å²) in [6, 6.07) is 33.0. The van der Waals surface area contributed by atoms with Crippen molar-refractivity contribution < 1.29 is 17.9 Å². The van der Waals surface area contributed by atoms with E-state index in [2.05, 4.69) is 15.5 Å². The highest BCUT2D eigenvalue weighted by Crippen LogP contribution is 2.35. The Hall–Kier alpha value is -4.87. The zero-order chi connectivity index (χ0) is 30.5. The summed E-state index contributed by atoms with van der Waals surface area (Å²) in [5.74, 6) is 1.14. The highest BCUT2D eigenvalue weighted by atomic mass is 32.2. The molecule has 0 atom stereocenters. The highest BCUT2D eigenvalue weighted by molar-refractivity contribution is 7.99. The molecule has 9 nitrogen and oxygen atoms in total. The Morgan fingerprint density at radius 2 is 1.55 bits per heavy atom. The zero-order valence-electron chi connectivity index (χ0n) is 23.8. The lowest BCUT2D eigenvalue weighted by Gasteiger charge is -2.11. The number of methoxy groups -OCH3 is 1. The second-order valence-electron chi connectivity index (χ2n) is 9.89. The monoisotopic (exact) mass is 623 g/mol. The largest absolute Gasteiger partial charge is 0.497 e. The summed E-state index contributed by atoms with van der Waals surface area (Å²) in [7, 11) is -2.30. The minimum atomic E-state index is -3.90. The van der Waals surface area contributed by atoms with Crippen molar-refractivity contribution >= 4 is 38.6 Å². The van der Waals surface area contributed by atoms with Crippen LogP contribution in [-0.4, -0.2) is 52.5 Å². The first-order valence-corrected chi connectivity index (χ1v) is 16.3. The van der Waals surface area contributed by atoms with Gasteiger partial charge < -0.3 is 10.1 Å². The molecule has 6 aromatic rings. The first-order valence-electron chi connectivity index (χ1n) is 13.9. The third-order valence-corrected chi connectivity index (χ3v) is 9.71. The van der Waals surface area contributed by atoms with Crippen molar-refractivity contribution in [2.75, 3.05) is 19.4 Å². The summed E-state index contributed by atoms with van der Waals surface area (Å²) < 4.78 is 35.9. The number of amides is 1. The van der Waals surface area contributed by atoms with Crippen molar-refractivity contribution in [3.8, 4) is 22.8 Å². The lowest BCUT2D eigenvalue weighted by atomic mass is 10.1. The van der Waals surface area contributed by atoms with E-state index in [0.717, 1.165) is 17.7 Å². The number of rotatable bonds is 11. The smallest absolute Gasteiger partial charge is 0.268 e. The fourth-order valence-corrected chi connectivity index (χ4v) is 7.08. The minimum Gasteiger partial charge on any atom is -0.497 e. The molecule has 2 heterocycles. The molecule has 0 fully saturated rings. The third-order valence-electron chi connectivity index (χ3n) is 7.09. The predicted molar refractivity (Wildman–Crippen MR) is 172 cm³/mol. The van der Waals surface area contributed by atoms with Gasteiger partial charge in [-0.25, -0.2) is 12.4 Å². The van der Waals surface area contributed by atoms with Crippen LogP contribution in [0.1, 0.15) is 5.56 Å². The van der Waals surface area contributed by atoms with E-state index < -0.39 is 10.0 Å². The molecule has 0 aliphatic rings. The second-order valence-corrected chi connectivity index (χ2v) is 12.6. The van der Waals surface area contributed by atoms with Crippen molar-refractivity contribution in [3.63, 3.8) is 0 Å². The van der Waals surface area contributed by atoms with Crippen LogP contribution in [0, 0.1) is 0 Å². The summed E-state index contributed by atoms with van der Waals surface area (Å²) >= 11 is 1.26. The number of thioether (sulfide) groups is 1. The van der Waals surface area contributed by atoms with Crippen LogP contribution in [0.3, 0.4) is 0 Å². The molecule has 4 aromatic carbocycles. The van der Waals surface area contributed by atoms with E-state index >= 15 is 0 Å². The van der Waals surface area contributed by atoms with Crippen LogP contribution >= 0.6 is 11.8 Å². The first kappa shape index (κ1) is 29.2. The number of benzene rings is 4. The van der Waals surface area contributed by atoms with Gasteiger partial charge >= 0.3 is 0 Å². The van der Waals surface area contributed by atoms with Gasteiger partial charge in [-0.05, 0) is 54.4 Å². The topological polar surface area (TPSA) is 108 Å². The number of fused-ring (bicyclic) bond motifs is 1. The first-order chi connectivity index (χ1) is 21.5. The molecule has 0 spiro atoms. The molecule has 44 heavy (non-hydrogen) atoms. The number of carbonyl (C=O) groups excluding carboxylic acids is 1. The number of nitrogens with zero attached hydrogens (tertiary/aromatic N) is 4. The lowest BCUT2D eigenvalue weighted by molar-refractivity contribution is -0.118. The van der Waals surface area contributed by atoms with Gasteiger partial charge in [-0.1, -0.05) is 78.5 Å². The summed E-state index contributed by atoms with van der Waals surface area (Å²) in [5, 5.41) is 13.1. The number of nitrogens with one attached hydrogen (secondary N) is 1. The third kappa shape index (κ3) is 5.97. The molecule has 0 saturated heterocycles. The van der Waals surface area contributed by atoms with Crippen LogP contribution in [0.4, 0.5) is 0 Å². The summed E-state index contributed by atoms with van der Waals surface area (Å²) in [6.45, 7) is 0.523. The van der Waals surface area contributed by atoms with Crippen LogP contribution in [0.15, 0.2) is 125 Å². The van der Waals surface area contributed by atoms with Crippen LogP contribution in [0.5, 0.6) is 5.75 Å². The lowest BCUT2D eigenvalue weighted by Crippen LogP contribution is -2.27. The molecular weight excluding hydrogens is 595 g/mol. The van der Waals surface area contributed by atoms with Crippen LogP contribution < -0.4 is 10.1 Å². The SMILES string of the molecule is COc1ccc(-n2c(SCC(=O)NCCc3ccccc3)nnc2-c2cn(S(=O)(=O)c3ccccc3)c3ccccc23)cc1.